The third-order valence-corrected chi connectivity index (χ3v) is 7.39. The molecule has 0 saturated carbocycles. The molecule has 0 spiro atoms. The van der Waals surface area contributed by atoms with Crippen LogP contribution in [0.3, 0.4) is 0 Å². The number of nitrogens with zero attached hydrogens (tertiary/aromatic N) is 2. The van der Waals surface area contributed by atoms with Crippen molar-refractivity contribution in [2.45, 2.75) is 32.8 Å². The molecule has 0 aliphatic heterocycles. The first kappa shape index (κ1) is 34.6. The Morgan fingerprint density at radius 2 is 1.63 bits per heavy atom. The van der Waals surface area contributed by atoms with Crippen molar-refractivity contribution in [1.29, 1.82) is 0 Å². The van der Waals surface area contributed by atoms with Crippen molar-refractivity contribution in [3.05, 3.63) is 112 Å². The number of halogens is 8. The number of allylic oxidation sites excluding steroid dienone is 2. The maximum absolute atomic E-state index is 14.0. The maximum Gasteiger partial charge on any atom is 0.435 e. The first-order valence-corrected chi connectivity index (χ1v) is 14.2. The summed E-state index contributed by atoms with van der Waals surface area (Å²) in [6.45, 7) is 6.53. The van der Waals surface area contributed by atoms with Crippen molar-refractivity contribution in [2.75, 3.05) is 0 Å². The van der Waals surface area contributed by atoms with Crippen LogP contribution in [0.15, 0.2) is 85.5 Å². The molecule has 0 atom stereocenters. The Kier molecular flexibility index (Phi) is 9.98. The van der Waals surface area contributed by atoms with Gasteiger partial charge in [0.15, 0.2) is 11.4 Å². The van der Waals surface area contributed by atoms with Crippen molar-refractivity contribution in [1.82, 2.24) is 9.78 Å². The zero-order valence-corrected chi connectivity index (χ0v) is 26.1. The number of hydrogen-bond donors (Lipinski definition) is 0. The van der Waals surface area contributed by atoms with Gasteiger partial charge >= 0.3 is 18.3 Å². The molecule has 13 heteroatoms. The molecule has 0 aliphatic carbocycles. The quantitative estimate of drug-likeness (QED) is 0.0763. The molecule has 0 amide bonds. The summed E-state index contributed by atoms with van der Waals surface area (Å²) >= 11 is 11.9. The average Bonchev–Trinajstić information content (AvgIpc) is 3.37. The van der Waals surface area contributed by atoms with Gasteiger partial charge in [0.25, 0.3) is 0 Å². The average molecular weight is 683 g/mol. The molecule has 1 heterocycles. The van der Waals surface area contributed by atoms with E-state index in [1.54, 1.807) is 24.3 Å². The normalized spacial score (nSPS) is 12.4. The number of hydrogen-bond acceptors (Lipinski definition) is 4. The Morgan fingerprint density at radius 1 is 0.957 bits per heavy atom. The zero-order valence-electron chi connectivity index (χ0n) is 24.6. The molecule has 242 valence electrons. The summed E-state index contributed by atoms with van der Waals surface area (Å²) < 4.78 is 95.8. The van der Waals surface area contributed by atoms with Crippen LogP contribution in [0.1, 0.15) is 30.7 Å². The minimum Gasteiger partial charge on any atom is -0.488 e. The number of ether oxygens (including phenoxy) is 2. The summed E-state index contributed by atoms with van der Waals surface area (Å²) in [5.74, 6) is -1.26. The van der Waals surface area contributed by atoms with E-state index in [4.69, 9.17) is 32.7 Å². The monoisotopic (exact) mass is 682 g/mol. The van der Waals surface area contributed by atoms with E-state index in [9.17, 15) is 31.1 Å². The first-order valence-electron chi connectivity index (χ1n) is 13.5. The summed E-state index contributed by atoms with van der Waals surface area (Å²) in [4.78, 5) is 13.6. The molecule has 4 rings (SSSR count). The Labute approximate surface area is 270 Å². The fourth-order valence-electron chi connectivity index (χ4n) is 4.36. The second-order valence-electron chi connectivity index (χ2n) is 10.7. The first-order chi connectivity index (χ1) is 21.4. The minimum atomic E-state index is -4.87. The molecule has 1 aromatic heterocycles. The van der Waals surface area contributed by atoms with Gasteiger partial charge in [0.1, 0.15) is 12.4 Å². The van der Waals surface area contributed by atoms with Crippen molar-refractivity contribution in [2.24, 2.45) is 12.5 Å². The summed E-state index contributed by atoms with van der Waals surface area (Å²) in [5, 5.41) is 3.43. The number of benzene rings is 3. The van der Waals surface area contributed by atoms with Crippen molar-refractivity contribution >= 4 is 29.2 Å². The van der Waals surface area contributed by atoms with Crippen molar-refractivity contribution in [3.63, 3.8) is 0 Å². The standard InChI is InChI=1S/C33H26Cl2F6N2O3/c1-5-6-15-31(2,3)30(44)46-29-22(25-17-27(33(39,40)41)42-43(25)4)12-14-26(45-18-19-7-10-21(34)11-8-19)28(29)20-9-13-24(35)23(16-20)32(36,37)38/h5-17H,1,18H2,2-4H3/b15-6+. The van der Waals surface area contributed by atoms with E-state index in [0.717, 1.165) is 22.9 Å². The SMILES string of the molecule is C=C/C=C/C(C)(C)C(=O)Oc1c(-c2cc(C(F)(F)F)nn2C)ccc(OCc2ccc(Cl)cc2)c1-c1ccc(Cl)c(C(F)(F)F)c1. The molecule has 0 unspecified atom stereocenters. The van der Waals surface area contributed by atoms with Crippen LogP contribution in [0.5, 0.6) is 11.5 Å². The molecule has 0 N–H and O–H groups in total. The predicted octanol–water partition coefficient (Wildman–Crippen LogP) is 10.4. The Balaban J connectivity index is 2.03. The Morgan fingerprint density at radius 3 is 2.22 bits per heavy atom. The van der Waals surface area contributed by atoms with E-state index < -0.39 is 40.0 Å². The molecular weight excluding hydrogens is 657 g/mol. The highest BCUT2D eigenvalue weighted by Crippen LogP contribution is 2.48. The fraction of sp³-hybridized carbons (Fsp3) is 0.212. The fourth-order valence-corrected chi connectivity index (χ4v) is 4.72. The summed E-state index contributed by atoms with van der Waals surface area (Å²) in [6.07, 6.45) is -5.27. The third kappa shape index (κ3) is 7.76. The van der Waals surface area contributed by atoms with E-state index in [1.807, 2.05) is 0 Å². The smallest absolute Gasteiger partial charge is 0.435 e. The van der Waals surface area contributed by atoms with E-state index >= 15 is 0 Å². The molecule has 4 aromatic rings. The highest BCUT2D eigenvalue weighted by atomic mass is 35.5. The molecule has 0 aliphatic rings. The predicted molar refractivity (Wildman–Crippen MR) is 164 cm³/mol. The summed E-state index contributed by atoms with van der Waals surface area (Å²) in [7, 11) is 1.25. The van der Waals surface area contributed by atoms with E-state index in [1.165, 1.54) is 57.3 Å². The number of aryl methyl sites for hydroxylation is 1. The molecule has 46 heavy (non-hydrogen) atoms. The van der Waals surface area contributed by atoms with E-state index in [0.29, 0.717) is 10.6 Å². The number of alkyl halides is 6. The largest absolute Gasteiger partial charge is 0.488 e. The lowest BCUT2D eigenvalue weighted by Gasteiger charge is -2.24. The van der Waals surface area contributed by atoms with Crippen LogP contribution in [-0.4, -0.2) is 15.7 Å². The molecular formula is C33H26Cl2F6N2O3. The highest BCUT2D eigenvalue weighted by Gasteiger charge is 2.37. The van der Waals surface area contributed by atoms with Crippen LogP contribution in [0.25, 0.3) is 22.4 Å². The molecule has 3 aromatic carbocycles. The Bertz CT molecular complexity index is 1790. The maximum atomic E-state index is 14.0. The number of aromatic nitrogens is 2. The van der Waals surface area contributed by atoms with Gasteiger partial charge in [-0.15, -0.1) is 0 Å². The van der Waals surface area contributed by atoms with Crippen LogP contribution < -0.4 is 9.47 Å². The van der Waals surface area contributed by atoms with Gasteiger partial charge < -0.3 is 9.47 Å². The molecule has 0 fully saturated rings. The number of carbonyl (C=O) groups excluding carboxylic acids is 1. The number of rotatable bonds is 9. The van der Waals surface area contributed by atoms with Gasteiger partial charge in [-0.05, 0) is 67.4 Å². The Hall–Kier alpha value is -4.22. The molecule has 0 bridgehead atoms. The molecule has 5 nitrogen and oxygen atoms in total. The van der Waals surface area contributed by atoms with Crippen LogP contribution in [0.2, 0.25) is 10.0 Å². The number of esters is 1. The molecule has 0 radical (unpaired) electrons. The lowest BCUT2D eigenvalue weighted by Crippen LogP contribution is -2.27. The van der Waals surface area contributed by atoms with Crippen molar-refractivity contribution < 1.29 is 40.6 Å². The van der Waals surface area contributed by atoms with E-state index in [-0.39, 0.29) is 40.5 Å². The minimum absolute atomic E-state index is 0.0328. The topological polar surface area (TPSA) is 53.3 Å². The van der Waals surface area contributed by atoms with Crippen LogP contribution >= 0.6 is 23.2 Å². The van der Waals surface area contributed by atoms with Crippen LogP contribution in [0.4, 0.5) is 26.3 Å². The second-order valence-corrected chi connectivity index (χ2v) is 11.5. The summed E-state index contributed by atoms with van der Waals surface area (Å²) in [6, 6.07) is 13.1. The van der Waals surface area contributed by atoms with Crippen molar-refractivity contribution in [3.8, 4) is 33.9 Å². The van der Waals surface area contributed by atoms with E-state index in [2.05, 4.69) is 11.7 Å². The van der Waals surface area contributed by atoms with Gasteiger partial charge in [-0.25, -0.2) is 0 Å². The summed E-state index contributed by atoms with van der Waals surface area (Å²) in [5.41, 5.74) is -3.56. The zero-order chi connectivity index (χ0) is 34.0. The molecule has 0 saturated heterocycles. The van der Waals surface area contributed by atoms with Gasteiger partial charge in [-0.3, -0.25) is 9.48 Å². The van der Waals surface area contributed by atoms with Gasteiger partial charge in [-0.2, -0.15) is 31.4 Å². The van der Waals surface area contributed by atoms with Gasteiger partial charge in [-0.1, -0.05) is 66.2 Å². The highest BCUT2D eigenvalue weighted by molar-refractivity contribution is 6.31. The van der Waals surface area contributed by atoms with Gasteiger partial charge in [0.2, 0.25) is 0 Å². The lowest BCUT2D eigenvalue weighted by atomic mass is 9.92. The van der Waals surface area contributed by atoms with Gasteiger partial charge in [0.05, 0.1) is 27.3 Å². The van der Waals surface area contributed by atoms with Crippen LogP contribution in [0, 0.1) is 5.41 Å². The number of carbonyl (C=O) groups is 1. The van der Waals surface area contributed by atoms with Crippen LogP contribution in [-0.2, 0) is 30.8 Å². The lowest BCUT2D eigenvalue weighted by molar-refractivity contribution is -0.142. The third-order valence-electron chi connectivity index (χ3n) is 6.80. The second kappa shape index (κ2) is 13.3. The van der Waals surface area contributed by atoms with Gasteiger partial charge in [0, 0.05) is 17.6 Å².